The number of ketones is 1. The maximum absolute atomic E-state index is 13.1. The van der Waals surface area contributed by atoms with Crippen molar-refractivity contribution >= 4 is 17.5 Å². The van der Waals surface area contributed by atoms with Gasteiger partial charge in [-0.3, -0.25) is 9.59 Å². The summed E-state index contributed by atoms with van der Waals surface area (Å²) in [6.07, 6.45) is 6.07. The maximum Gasteiger partial charge on any atom is 0.225 e. The van der Waals surface area contributed by atoms with Crippen LogP contribution in [0.3, 0.4) is 0 Å². The van der Waals surface area contributed by atoms with Gasteiger partial charge in [-0.25, -0.2) is 9.07 Å². The molecule has 2 fully saturated rings. The van der Waals surface area contributed by atoms with E-state index < -0.39 is 0 Å². The molecule has 0 radical (unpaired) electrons. The summed E-state index contributed by atoms with van der Waals surface area (Å²) >= 11 is 0. The molecule has 142 valence electrons. The summed E-state index contributed by atoms with van der Waals surface area (Å²) < 4.78 is 14.6. The van der Waals surface area contributed by atoms with Gasteiger partial charge in [-0.1, -0.05) is 6.42 Å². The van der Waals surface area contributed by atoms with Crippen molar-refractivity contribution in [2.75, 3.05) is 18.8 Å². The average Bonchev–Trinajstić information content (AvgIpc) is 3.02. The Kier molecular flexibility index (Phi) is 4.68. The Balaban J connectivity index is 1.50. The fraction of sp³-hybridized carbons (Fsp3) is 0.450. The van der Waals surface area contributed by atoms with Crippen molar-refractivity contribution < 1.29 is 14.0 Å². The van der Waals surface area contributed by atoms with Gasteiger partial charge in [0.25, 0.3) is 0 Å². The number of likely N-dealkylation sites (tertiary alicyclic amines) is 1. The van der Waals surface area contributed by atoms with Gasteiger partial charge in [0.1, 0.15) is 11.6 Å². The van der Waals surface area contributed by atoms with Crippen LogP contribution in [0.25, 0.3) is 5.69 Å². The highest BCUT2D eigenvalue weighted by atomic mass is 19.1. The zero-order valence-corrected chi connectivity index (χ0v) is 15.1. The van der Waals surface area contributed by atoms with E-state index in [1.165, 1.54) is 23.0 Å². The third-order valence-electron chi connectivity index (χ3n) is 5.70. The van der Waals surface area contributed by atoms with Crippen LogP contribution in [0.1, 0.15) is 42.5 Å². The van der Waals surface area contributed by atoms with Crippen LogP contribution < -0.4 is 5.73 Å². The molecule has 1 aliphatic carbocycles. The number of hydrogen-bond donors (Lipinski definition) is 1. The fourth-order valence-electron chi connectivity index (χ4n) is 3.86. The highest BCUT2D eigenvalue weighted by Crippen LogP contribution is 2.31. The number of piperidine rings is 1. The van der Waals surface area contributed by atoms with Gasteiger partial charge in [-0.15, -0.1) is 0 Å². The first-order valence-corrected chi connectivity index (χ1v) is 9.47. The van der Waals surface area contributed by atoms with E-state index in [-0.39, 0.29) is 35.2 Å². The molecule has 6 nitrogen and oxygen atoms in total. The molecule has 1 aromatic carbocycles. The highest BCUT2D eigenvalue weighted by Gasteiger charge is 2.35. The van der Waals surface area contributed by atoms with Crippen molar-refractivity contribution in [3.05, 3.63) is 41.8 Å². The molecule has 1 aliphatic heterocycles. The third kappa shape index (κ3) is 3.34. The fourth-order valence-corrected chi connectivity index (χ4v) is 3.86. The Bertz CT molecular complexity index is 857. The standard InChI is InChI=1S/C20H23FN4O2/c21-15-6-8-16(9-7-15)25-19(22)17(11-23-25)18(26)14-5-2-10-24(12-14)20(27)13-3-1-4-13/h6-9,11,13-14H,1-5,10,12,22H2/t14-/m1/s1. The summed E-state index contributed by atoms with van der Waals surface area (Å²) in [7, 11) is 0. The first-order chi connectivity index (χ1) is 13.0. The van der Waals surface area contributed by atoms with Gasteiger partial charge in [-0.2, -0.15) is 5.10 Å². The molecule has 2 heterocycles. The summed E-state index contributed by atoms with van der Waals surface area (Å²) in [5, 5.41) is 4.20. The zero-order valence-electron chi connectivity index (χ0n) is 15.1. The molecule has 2 aliphatic rings. The minimum absolute atomic E-state index is 0.0769. The Morgan fingerprint density at radius 3 is 2.44 bits per heavy atom. The monoisotopic (exact) mass is 370 g/mol. The van der Waals surface area contributed by atoms with Gasteiger partial charge in [0.2, 0.25) is 5.91 Å². The summed E-state index contributed by atoms with van der Waals surface area (Å²) in [4.78, 5) is 27.4. The molecule has 0 spiro atoms. The van der Waals surface area contributed by atoms with Crippen LogP contribution in [-0.2, 0) is 4.79 Å². The molecule has 2 aromatic rings. The first-order valence-electron chi connectivity index (χ1n) is 9.47. The van der Waals surface area contributed by atoms with E-state index in [0.29, 0.717) is 17.8 Å². The van der Waals surface area contributed by atoms with Crippen LogP contribution in [0.15, 0.2) is 30.5 Å². The molecule has 2 N–H and O–H groups in total. The van der Waals surface area contributed by atoms with Gasteiger partial charge in [0, 0.05) is 24.9 Å². The molecule has 1 aromatic heterocycles. The van der Waals surface area contributed by atoms with Gasteiger partial charge in [0.15, 0.2) is 5.78 Å². The van der Waals surface area contributed by atoms with Crippen LogP contribution in [0.2, 0.25) is 0 Å². The van der Waals surface area contributed by atoms with Gasteiger partial charge in [-0.05, 0) is 49.9 Å². The number of carbonyl (C=O) groups is 2. The molecule has 7 heteroatoms. The number of Topliss-reactive ketones (excluding diaryl/α,β-unsaturated/α-hetero) is 1. The SMILES string of the molecule is Nc1c(C(=O)[C@@H]2CCCN(C(=O)C3CCC3)C2)cnn1-c1ccc(F)cc1. The maximum atomic E-state index is 13.1. The molecule has 1 saturated carbocycles. The van der Waals surface area contributed by atoms with Crippen LogP contribution in [0, 0.1) is 17.7 Å². The minimum Gasteiger partial charge on any atom is -0.383 e. The lowest BCUT2D eigenvalue weighted by Crippen LogP contribution is -2.46. The predicted octanol–water partition coefficient (Wildman–Crippen LogP) is 2.82. The second-order valence-electron chi connectivity index (χ2n) is 7.45. The Morgan fingerprint density at radius 2 is 1.78 bits per heavy atom. The smallest absolute Gasteiger partial charge is 0.225 e. The number of carbonyl (C=O) groups excluding carboxylic acids is 2. The van der Waals surface area contributed by atoms with E-state index in [1.54, 1.807) is 12.1 Å². The lowest BCUT2D eigenvalue weighted by atomic mass is 9.83. The lowest BCUT2D eigenvalue weighted by molar-refractivity contribution is -0.139. The summed E-state index contributed by atoms with van der Waals surface area (Å²) in [5.74, 6) is -0.102. The average molecular weight is 370 g/mol. The van der Waals surface area contributed by atoms with E-state index in [1.807, 2.05) is 4.90 Å². The van der Waals surface area contributed by atoms with Crippen molar-refractivity contribution in [1.29, 1.82) is 0 Å². The molecular weight excluding hydrogens is 347 g/mol. The van der Waals surface area contributed by atoms with Crippen LogP contribution in [0.4, 0.5) is 10.2 Å². The number of hydrogen-bond acceptors (Lipinski definition) is 4. The molecular formula is C20H23FN4O2. The number of benzene rings is 1. The third-order valence-corrected chi connectivity index (χ3v) is 5.70. The summed E-state index contributed by atoms with van der Waals surface area (Å²) in [5.41, 5.74) is 7.12. The quantitative estimate of drug-likeness (QED) is 0.839. The van der Waals surface area contributed by atoms with E-state index >= 15 is 0 Å². The van der Waals surface area contributed by atoms with E-state index in [9.17, 15) is 14.0 Å². The molecule has 1 saturated heterocycles. The number of nitrogens with two attached hydrogens (primary N) is 1. The van der Waals surface area contributed by atoms with E-state index in [2.05, 4.69) is 5.10 Å². The van der Waals surface area contributed by atoms with Gasteiger partial charge < -0.3 is 10.6 Å². The second-order valence-corrected chi connectivity index (χ2v) is 7.45. The summed E-state index contributed by atoms with van der Waals surface area (Å²) in [6.45, 7) is 1.18. The predicted molar refractivity (Wildman–Crippen MR) is 98.9 cm³/mol. The Morgan fingerprint density at radius 1 is 1.07 bits per heavy atom. The van der Waals surface area contributed by atoms with Gasteiger partial charge >= 0.3 is 0 Å². The number of nitrogens with zero attached hydrogens (tertiary/aromatic N) is 3. The van der Waals surface area contributed by atoms with E-state index in [4.69, 9.17) is 5.73 Å². The van der Waals surface area contributed by atoms with Crippen molar-refractivity contribution in [3.8, 4) is 5.69 Å². The molecule has 4 rings (SSSR count). The number of halogens is 1. The van der Waals surface area contributed by atoms with Crippen molar-refractivity contribution in [1.82, 2.24) is 14.7 Å². The van der Waals surface area contributed by atoms with Crippen LogP contribution in [-0.4, -0.2) is 39.5 Å². The number of anilines is 1. The van der Waals surface area contributed by atoms with Crippen LogP contribution >= 0.6 is 0 Å². The normalized spacial score (nSPS) is 20.3. The zero-order chi connectivity index (χ0) is 19.0. The largest absolute Gasteiger partial charge is 0.383 e. The highest BCUT2D eigenvalue weighted by molar-refractivity contribution is 6.02. The Labute approximate surface area is 157 Å². The van der Waals surface area contributed by atoms with Crippen molar-refractivity contribution in [2.45, 2.75) is 32.1 Å². The van der Waals surface area contributed by atoms with E-state index in [0.717, 1.165) is 38.6 Å². The second kappa shape index (κ2) is 7.13. The van der Waals surface area contributed by atoms with Gasteiger partial charge in [0.05, 0.1) is 17.4 Å². The molecule has 27 heavy (non-hydrogen) atoms. The molecule has 0 unspecified atom stereocenters. The Hall–Kier alpha value is -2.70. The topological polar surface area (TPSA) is 81.2 Å². The van der Waals surface area contributed by atoms with Crippen molar-refractivity contribution in [2.24, 2.45) is 11.8 Å². The van der Waals surface area contributed by atoms with Crippen LogP contribution in [0.5, 0.6) is 0 Å². The summed E-state index contributed by atoms with van der Waals surface area (Å²) in [6, 6.07) is 5.77. The first kappa shape index (κ1) is 17.7. The number of nitrogen functional groups attached to an aromatic ring is 1. The lowest BCUT2D eigenvalue weighted by Gasteiger charge is -2.36. The number of aromatic nitrogens is 2. The number of amides is 1. The minimum atomic E-state index is -0.348. The number of rotatable bonds is 4. The molecule has 0 bridgehead atoms. The molecule has 1 amide bonds. The van der Waals surface area contributed by atoms with Crippen molar-refractivity contribution in [3.63, 3.8) is 0 Å². The molecule has 1 atom stereocenters.